The number of carbonyl (C=O) groups is 1. The van der Waals surface area contributed by atoms with Crippen LogP contribution >= 0.6 is 12.4 Å². The van der Waals surface area contributed by atoms with E-state index in [0.717, 1.165) is 25.9 Å². The van der Waals surface area contributed by atoms with Crippen molar-refractivity contribution in [1.82, 2.24) is 10.2 Å². The van der Waals surface area contributed by atoms with Crippen molar-refractivity contribution in [2.75, 3.05) is 33.4 Å². The lowest BCUT2D eigenvalue weighted by atomic mass is 10.0. The number of nitrogens with zero attached hydrogens (tertiary/aromatic N) is 1. The zero-order valence-electron chi connectivity index (χ0n) is 10.4. The third-order valence-electron chi connectivity index (χ3n) is 2.96. The van der Waals surface area contributed by atoms with Crippen LogP contribution in [-0.4, -0.2) is 49.7 Å². The molecule has 1 fully saturated rings. The zero-order chi connectivity index (χ0) is 11.3. The molecular weight excluding hydrogens is 228 g/mol. The van der Waals surface area contributed by atoms with Crippen LogP contribution in [0.4, 0.5) is 0 Å². The van der Waals surface area contributed by atoms with Crippen LogP contribution in [-0.2, 0) is 9.53 Å². The van der Waals surface area contributed by atoms with E-state index in [0.29, 0.717) is 13.2 Å². The largest absolute Gasteiger partial charge is 0.383 e. The summed E-state index contributed by atoms with van der Waals surface area (Å²) in [6.07, 6.45) is 2.23. The summed E-state index contributed by atoms with van der Waals surface area (Å²) in [5, 5.41) is 3.08. The van der Waals surface area contributed by atoms with Crippen LogP contribution in [0, 0.1) is 0 Å². The molecule has 0 aliphatic carbocycles. The number of halogens is 1. The quantitative estimate of drug-likeness (QED) is 0.742. The van der Waals surface area contributed by atoms with Gasteiger partial charge in [0.05, 0.1) is 13.2 Å². The van der Waals surface area contributed by atoms with E-state index in [1.807, 2.05) is 4.90 Å². The first-order valence-electron chi connectivity index (χ1n) is 5.58. The summed E-state index contributed by atoms with van der Waals surface area (Å²) in [6.45, 7) is 6.97. The van der Waals surface area contributed by atoms with Gasteiger partial charge in [0.1, 0.15) is 0 Å². The number of ether oxygens (including phenoxy) is 1. The minimum absolute atomic E-state index is 0. The van der Waals surface area contributed by atoms with E-state index >= 15 is 0 Å². The second-order valence-corrected chi connectivity index (χ2v) is 4.63. The number of hydrogen-bond acceptors (Lipinski definition) is 3. The summed E-state index contributed by atoms with van der Waals surface area (Å²) in [5.41, 5.74) is 0.0417. The average Bonchev–Trinajstić information content (AvgIpc) is 2.52. The van der Waals surface area contributed by atoms with Crippen LogP contribution in [0.3, 0.4) is 0 Å². The molecule has 1 amide bonds. The molecule has 5 heteroatoms. The van der Waals surface area contributed by atoms with Crippen molar-refractivity contribution >= 4 is 18.3 Å². The minimum Gasteiger partial charge on any atom is -0.383 e. The summed E-state index contributed by atoms with van der Waals surface area (Å²) in [4.78, 5) is 13.8. The first-order chi connectivity index (χ1) is 7.08. The Bertz CT molecular complexity index is 222. The molecule has 0 radical (unpaired) electrons. The molecule has 1 saturated heterocycles. The molecule has 1 aliphatic rings. The molecule has 0 atom stereocenters. The van der Waals surface area contributed by atoms with Crippen LogP contribution in [0.5, 0.6) is 0 Å². The van der Waals surface area contributed by atoms with Gasteiger partial charge in [0, 0.05) is 25.7 Å². The molecule has 0 aromatic rings. The van der Waals surface area contributed by atoms with E-state index in [1.54, 1.807) is 7.11 Å². The SMILES string of the molecule is COCCNCC(=O)N1CCCC1(C)C.Cl. The Balaban J connectivity index is 0.00000225. The first kappa shape index (κ1) is 15.7. The van der Waals surface area contributed by atoms with Gasteiger partial charge in [-0.25, -0.2) is 0 Å². The molecule has 1 aliphatic heterocycles. The lowest BCUT2D eigenvalue weighted by Gasteiger charge is -2.31. The molecule has 0 saturated carbocycles. The summed E-state index contributed by atoms with van der Waals surface area (Å²) in [6, 6.07) is 0. The Morgan fingerprint density at radius 1 is 1.50 bits per heavy atom. The Morgan fingerprint density at radius 2 is 2.19 bits per heavy atom. The Hall–Kier alpha value is -0.320. The summed E-state index contributed by atoms with van der Waals surface area (Å²) >= 11 is 0. The fourth-order valence-corrected chi connectivity index (χ4v) is 2.03. The van der Waals surface area contributed by atoms with E-state index in [9.17, 15) is 4.79 Å². The molecule has 1 heterocycles. The molecule has 0 aromatic carbocycles. The fourth-order valence-electron chi connectivity index (χ4n) is 2.03. The number of nitrogens with one attached hydrogen (secondary N) is 1. The van der Waals surface area contributed by atoms with Gasteiger partial charge < -0.3 is 15.0 Å². The minimum atomic E-state index is 0. The van der Waals surface area contributed by atoms with Crippen molar-refractivity contribution in [2.45, 2.75) is 32.2 Å². The predicted octanol–water partition coefficient (Wildman–Crippen LogP) is 1.05. The lowest BCUT2D eigenvalue weighted by molar-refractivity contribution is -0.133. The van der Waals surface area contributed by atoms with Crippen LogP contribution in [0.15, 0.2) is 0 Å². The molecule has 0 aromatic heterocycles. The molecule has 0 spiro atoms. The Morgan fingerprint density at radius 3 is 2.69 bits per heavy atom. The van der Waals surface area contributed by atoms with Crippen molar-refractivity contribution in [3.8, 4) is 0 Å². The second kappa shape index (κ2) is 7.09. The van der Waals surface area contributed by atoms with Crippen molar-refractivity contribution in [2.24, 2.45) is 0 Å². The maximum Gasteiger partial charge on any atom is 0.236 e. The predicted molar refractivity (Wildman–Crippen MR) is 67.0 cm³/mol. The monoisotopic (exact) mass is 250 g/mol. The highest BCUT2D eigenvalue weighted by molar-refractivity contribution is 5.85. The summed E-state index contributed by atoms with van der Waals surface area (Å²) in [7, 11) is 1.66. The van der Waals surface area contributed by atoms with Gasteiger partial charge in [-0.15, -0.1) is 12.4 Å². The van der Waals surface area contributed by atoms with Gasteiger partial charge in [-0.05, 0) is 26.7 Å². The summed E-state index contributed by atoms with van der Waals surface area (Å²) < 4.78 is 4.90. The first-order valence-corrected chi connectivity index (χ1v) is 5.58. The lowest BCUT2D eigenvalue weighted by Crippen LogP contribution is -2.46. The fraction of sp³-hybridized carbons (Fsp3) is 0.909. The van der Waals surface area contributed by atoms with Crippen molar-refractivity contribution in [1.29, 1.82) is 0 Å². The third kappa shape index (κ3) is 4.28. The van der Waals surface area contributed by atoms with Crippen LogP contribution < -0.4 is 5.32 Å². The van der Waals surface area contributed by atoms with Gasteiger partial charge >= 0.3 is 0 Å². The van der Waals surface area contributed by atoms with E-state index < -0.39 is 0 Å². The number of carbonyl (C=O) groups excluding carboxylic acids is 1. The number of likely N-dealkylation sites (tertiary alicyclic amines) is 1. The highest BCUT2D eigenvalue weighted by atomic mass is 35.5. The Kier molecular flexibility index (Phi) is 6.95. The molecule has 0 unspecified atom stereocenters. The van der Waals surface area contributed by atoms with Gasteiger partial charge in [-0.2, -0.15) is 0 Å². The maximum absolute atomic E-state index is 11.8. The topological polar surface area (TPSA) is 41.6 Å². The maximum atomic E-state index is 11.8. The number of hydrogen-bond donors (Lipinski definition) is 1. The van der Waals surface area contributed by atoms with Gasteiger partial charge in [0.15, 0.2) is 0 Å². The van der Waals surface area contributed by atoms with Gasteiger partial charge in [-0.3, -0.25) is 4.79 Å². The van der Waals surface area contributed by atoms with E-state index in [4.69, 9.17) is 4.74 Å². The van der Waals surface area contributed by atoms with Crippen molar-refractivity contribution < 1.29 is 9.53 Å². The Labute approximate surface area is 104 Å². The van der Waals surface area contributed by atoms with E-state index in [1.165, 1.54) is 0 Å². The van der Waals surface area contributed by atoms with Gasteiger partial charge in [0.25, 0.3) is 0 Å². The standard InChI is InChI=1S/C11H22N2O2.ClH/c1-11(2)5-4-7-13(11)10(14)9-12-6-8-15-3;/h12H,4-9H2,1-3H3;1H. The average molecular weight is 251 g/mol. The molecule has 4 nitrogen and oxygen atoms in total. The van der Waals surface area contributed by atoms with Gasteiger partial charge in [-0.1, -0.05) is 0 Å². The molecular formula is C11H23ClN2O2. The van der Waals surface area contributed by atoms with Gasteiger partial charge in [0.2, 0.25) is 5.91 Å². The zero-order valence-corrected chi connectivity index (χ0v) is 11.2. The normalized spacial score (nSPS) is 18.3. The molecule has 1 rings (SSSR count). The van der Waals surface area contributed by atoms with Crippen LogP contribution in [0.25, 0.3) is 0 Å². The van der Waals surface area contributed by atoms with E-state index in [-0.39, 0.29) is 23.9 Å². The number of methoxy groups -OCH3 is 1. The molecule has 16 heavy (non-hydrogen) atoms. The molecule has 0 bridgehead atoms. The summed E-state index contributed by atoms with van der Waals surface area (Å²) in [5.74, 6) is 0.202. The molecule has 1 N–H and O–H groups in total. The molecule has 96 valence electrons. The smallest absolute Gasteiger partial charge is 0.236 e. The number of amides is 1. The highest BCUT2D eigenvalue weighted by Gasteiger charge is 2.34. The highest BCUT2D eigenvalue weighted by Crippen LogP contribution is 2.27. The third-order valence-corrected chi connectivity index (χ3v) is 2.96. The number of rotatable bonds is 5. The van der Waals surface area contributed by atoms with Crippen molar-refractivity contribution in [3.63, 3.8) is 0 Å². The van der Waals surface area contributed by atoms with Crippen LogP contribution in [0.1, 0.15) is 26.7 Å². The van der Waals surface area contributed by atoms with Crippen molar-refractivity contribution in [3.05, 3.63) is 0 Å². The van der Waals surface area contributed by atoms with E-state index in [2.05, 4.69) is 19.2 Å². The second-order valence-electron chi connectivity index (χ2n) is 4.63. The van der Waals surface area contributed by atoms with Crippen LogP contribution in [0.2, 0.25) is 0 Å².